The lowest BCUT2D eigenvalue weighted by atomic mass is 10.2. The molecule has 0 fully saturated rings. The molecule has 2 rings (SSSR count). The van der Waals surface area contributed by atoms with Gasteiger partial charge in [0.25, 0.3) is 0 Å². The number of carbonyl (C=O) groups is 1. The number of hydrogen-bond donors (Lipinski definition) is 1. The fourth-order valence-corrected chi connectivity index (χ4v) is 2.99. The molecule has 1 heterocycles. The van der Waals surface area contributed by atoms with Crippen molar-refractivity contribution < 1.29 is 9.90 Å². The summed E-state index contributed by atoms with van der Waals surface area (Å²) in [5.74, 6) is -0.786. The van der Waals surface area contributed by atoms with E-state index in [1.165, 1.54) is 0 Å². The van der Waals surface area contributed by atoms with Crippen LogP contribution in [-0.2, 0) is 11.2 Å². The van der Waals surface area contributed by atoms with Gasteiger partial charge in [0, 0.05) is 21.3 Å². The van der Waals surface area contributed by atoms with Gasteiger partial charge in [-0.25, -0.2) is 4.98 Å². The van der Waals surface area contributed by atoms with Crippen molar-refractivity contribution in [3.63, 3.8) is 0 Å². The summed E-state index contributed by atoms with van der Waals surface area (Å²) >= 11 is 5.04. The molecule has 0 spiro atoms. The minimum Gasteiger partial charge on any atom is -0.481 e. The van der Waals surface area contributed by atoms with Crippen molar-refractivity contribution in [3.05, 3.63) is 39.3 Å². The summed E-state index contributed by atoms with van der Waals surface area (Å²) in [6.45, 7) is 1.98. The minimum absolute atomic E-state index is 0.127. The van der Waals surface area contributed by atoms with Crippen molar-refractivity contribution in [2.75, 3.05) is 0 Å². The fourth-order valence-electron chi connectivity index (χ4n) is 1.63. The molecule has 1 aromatic heterocycles. The first-order chi connectivity index (χ1) is 8.56. The summed E-state index contributed by atoms with van der Waals surface area (Å²) in [4.78, 5) is 16.2. The van der Waals surface area contributed by atoms with Gasteiger partial charge in [-0.2, -0.15) is 0 Å². The van der Waals surface area contributed by atoms with Crippen molar-refractivity contribution in [3.8, 4) is 10.6 Å². The number of aryl methyl sites for hydroxylation is 2. The van der Waals surface area contributed by atoms with Crippen LogP contribution in [0.4, 0.5) is 0 Å². The number of hydrogen-bond acceptors (Lipinski definition) is 3. The third-order valence-corrected chi connectivity index (χ3v) is 4.10. The van der Waals surface area contributed by atoms with Gasteiger partial charge in [0.2, 0.25) is 0 Å². The van der Waals surface area contributed by atoms with Gasteiger partial charge in [-0.1, -0.05) is 28.1 Å². The Morgan fingerprint density at radius 3 is 2.94 bits per heavy atom. The van der Waals surface area contributed by atoms with E-state index in [1.54, 1.807) is 11.3 Å². The van der Waals surface area contributed by atoms with Crippen LogP contribution in [0.25, 0.3) is 10.6 Å². The second-order valence-electron chi connectivity index (χ2n) is 3.93. The molecule has 18 heavy (non-hydrogen) atoms. The number of carboxylic acids is 1. The zero-order valence-electron chi connectivity index (χ0n) is 9.81. The van der Waals surface area contributed by atoms with Gasteiger partial charge in [-0.3, -0.25) is 4.79 Å². The number of benzene rings is 1. The molecule has 0 bridgehead atoms. The van der Waals surface area contributed by atoms with Crippen LogP contribution in [-0.4, -0.2) is 16.1 Å². The zero-order chi connectivity index (χ0) is 13.1. The Morgan fingerprint density at radius 2 is 2.28 bits per heavy atom. The molecule has 1 aromatic carbocycles. The van der Waals surface area contributed by atoms with Crippen molar-refractivity contribution in [2.45, 2.75) is 19.8 Å². The van der Waals surface area contributed by atoms with E-state index in [-0.39, 0.29) is 6.42 Å². The molecule has 1 N–H and O–H groups in total. The predicted molar refractivity (Wildman–Crippen MR) is 75.9 cm³/mol. The third kappa shape index (κ3) is 3.17. The number of thiazole rings is 1. The molecule has 3 nitrogen and oxygen atoms in total. The highest BCUT2D eigenvalue weighted by molar-refractivity contribution is 9.10. The van der Waals surface area contributed by atoms with E-state index in [4.69, 9.17) is 5.11 Å². The first-order valence-corrected chi connectivity index (χ1v) is 7.11. The molecule has 0 aliphatic rings. The number of nitrogens with zero attached hydrogens (tertiary/aromatic N) is 1. The van der Waals surface area contributed by atoms with Crippen molar-refractivity contribution in [1.29, 1.82) is 0 Å². The molecule has 0 aliphatic carbocycles. The second-order valence-corrected chi connectivity index (χ2v) is 6.04. The maximum atomic E-state index is 10.6. The SMILES string of the molecule is Cc1sc(-c2cccc(Br)c2)nc1CCC(=O)O. The molecular weight excluding hydrogens is 314 g/mol. The van der Waals surface area contributed by atoms with Crippen molar-refractivity contribution in [2.24, 2.45) is 0 Å². The number of halogens is 1. The van der Waals surface area contributed by atoms with E-state index in [0.29, 0.717) is 6.42 Å². The molecule has 0 saturated heterocycles. The molecule has 0 amide bonds. The average Bonchev–Trinajstić information content (AvgIpc) is 2.68. The smallest absolute Gasteiger partial charge is 0.303 e. The largest absolute Gasteiger partial charge is 0.481 e. The maximum absolute atomic E-state index is 10.6. The molecule has 0 atom stereocenters. The van der Waals surface area contributed by atoms with E-state index in [2.05, 4.69) is 20.9 Å². The Hall–Kier alpha value is -1.20. The van der Waals surface area contributed by atoms with E-state index < -0.39 is 5.97 Å². The van der Waals surface area contributed by atoms with Crippen LogP contribution in [0.15, 0.2) is 28.7 Å². The summed E-state index contributed by atoms with van der Waals surface area (Å²) in [7, 11) is 0. The van der Waals surface area contributed by atoms with Gasteiger partial charge in [0.1, 0.15) is 5.01 Å². The Balaban J connectivity index is 2.25. The first-order valence-electron chi connectivity index (χ1n) is 5.50. The van der Waals surface area contributed by atoms with Crippen LogP contribution in [0.5, 0.6) is 0 Å². The Labute approximate surface area is 118 Å². The second kappa shape index (κ2) is 5.63. The molecule has 0 aliphatic heterocycles. The summed E-state index contributed by atoms with van der Waals surface area (Å²) < 4.78 is 1.01. The van der Waals surface area contributed by atoms with Crippen molar-refractivity contribution >= 4 is 33.2 Å². The molecule has 2 aromatic rings. The summed E-state index contributed by atoms with van der Waals surface area (Å²) in [5.41, 5.74) is 1.94. The van der Waals surface area contributed by atoms with Crippen LogP contribution in [0.3, 0.4) is 0 Å². The van der Waals surface area contributed by atoms with Crippen LogP contribution in [0, 0.1) is 6.92 Å². The van der Waals surface area contributed by atoms with E-state index in [9.17, 15) is 4.79 Å². The molecule has 0 radical (unpaired) electrons. The summed E-state index contributed by atoms with van der Waals surface area (Å²) in [6, 6.07) is 7.95. The Kier molecular flexibility index (Phi) is 4.14. The highest BCUT2D eigenvalue weighted by Crippen LogP contribution is 2.29. The molecule has 94 valence electrons. The Morgan fingerprint density at radius 1 is 1.50 bits per heavy atom. The van der Waals surface area contributed by atoms with Crippen LogP contribution in [0.2, 0.25) is 0 Å². The van der Waals surface area contributed by atoms with E-state index in [0.717, 1.165) is 25.6 Å². The van der Waals surface area contributed by atoms with Gasteiger partial charge < -0.3 is 5.11 Å². The lowest BCUT2D eigenvalue weighted by Gasteiger charge is -1.96. The monoisotopic (exact) mass is 325 g/mol. The van der Waals surface area contributed by atoms with Crippen LogP contribution >= 0.6 is 27.3 Å². The molecule has 0 unspecified atom stereocenters. The standard InChI is InChI=1S/C13H12BrNO2S/c1-8-11(5-6-12(16)17)15-13(18-8)9-3-2-4-10(14)7-9/h2-4,7H,5-6H2,1H3,(H,16,17). The van der Waals surface area contributed by atoms with E-state index >= 15 is 0 Å². The van der Waals surface area contributed by atoms with Crippen LogP contribution in [0.1, 0.15) is 17.0 Å². The maximum Gasteiger partial charge on any atom is 0.303 e. The van der Waals surface area contributed by atoms with E-state index in [1.807, 2.05) is 31.2 Å². The normalized spacial score (nSPS) is 10.6. The van der Waals surface area contributed by atoms with Gasteiger partial charge in [0.05, 0.1) is 12.1 Å². The number of aromatic nitrogens is 1. The molecule has 0 saturated carbocycles. The summed E-state index contributed by atoms with van der Waals surface area (Å²) in [6.07, 6.45) is 0.619. The predicted octanol–water partition coefficient (Wildman–Crippen LogP) is 3.90. The van der Waals surface area contributed by atoms with Gasteiger partial charge >= 0.3 is 5.97 Å². The zero-order valence-corrected chi connectivity index (χ0v) is 12.2. The summed E-state index contributed by atoms with van der Waals surface area (Å²) in [5, 5.41) is 9.63. The highest BCUT2D eigenvalue weighted by atomic mass is 79.9. The van der Waals surface area contributed by atoms with Gasteiger partial charge in [-0.15, -0.1) is 11.3 Å². The minimum atomic E-state index is -0.786. The molecular formula is C13H12BrNO2S. The van der Waals surface area contributed by atoms with Gasteiger partial charge in [-0.05, 0) is 19.1 Å². The van der Waals surface area contributed by atoms with Gasteiger partial charge in [0.15, 0.2) is 0 Å². The number of aliphatic carboxylic acids is 1. The number of carboxylic acid groups (broad SMARTS) is 1. The quantitative estimate of drug-likeness (QED) is 0.927. The lowest BCUT2D eigenvalue weighted by molar-refractivity contribution is -0.136. The third-order valence-electron chi connectivity index (χ3n) is 2.54. The lowest BCUT2D eigenvalue weighted by Crippen LogP contribution is -1.98. The van der Waals surface area contributed by atoms with Crippen LogP contribution < -0.4 is 0 Å². The molecule has 5 heteroatoms. The number of rotatable bonds is 4. The average molecular weight is 326 g/mol. The fraction of sp³-hybridized carbons (Fsp3) is 0.231. The topological polar surface area (TPSA) is 50.2 Å². The first kappa shape index (κ1) is 13.2. The highest BCUT2D eigenvalue weighted by Gasteiger charge is 2.10. The van der Waals surface area contributed by atoms with Crippen molar-refractivity contribution in [1.82, 2.24) is 4.98 Å². The Bertz CT molecular complexity index is 580.